The Morgan fingerprint density at radius 3 is 2.92 bits per heavy atom. The molecule has 0 amide bonds. The van der Waals surface area contributed by atoms with E-state index in [1.54, 1.807) is 13.0 Å². The fraction of sp³-hybridized carbons (Fsp3) is 0.375. The van der Waals surface area contributed by atoms with Gasteiger partial charge in [-0.2, -0.15) is 0 Å². The molecule has 1 aromatic rings. The molecule has 1 N–H and O–H groups in total. The Morgan fingerprint density at radius 1 is 1.67 bits per heavy atom. The van der Waals surface area contributed by atoms with E-state index in [1.165, 1.54) is 13.3 Å². The van der Waals surface area contributed by atoms with Gasteiger partial charge in [-0.3, -0.25) is 0 Å². The van der Waals surface area contributed by atoms with Gasteiger partial charge in [0.05, 0.1) is 0 Å². The summed E-state index contributed by atoms with van der Waals surface area (Å²) in [5.74, 6) is 0. The Bertz CT molecular complexity index is 278. The molecule has 1 aromatic heterocycles. The molecule has 0 radical (unpaired) electrons. The van der Waals surface area contributed by atoms with Crippen LogP contribution in [0.4, 0.5) is 0 Å². The van der Waals surface area contributed by atoms with Crippen LogP contribution >= 0.6 is 11.6 Å². The third-order valence-corrected chi connectivity index (χ3v) is 2.05. The third-order valence-electron chi connectivity index (χ3n) is 1.67. The van der Waals surface area contributed by atoms with Crippen molar-refractivity contribution in [2.24, 2.45) is 0 Å². The predicted octanol–water partition coefficient (Wildman–Crippen LogP) is 1.68. The number of hydrogen-bond donors (Lipinski definition) is 1. The van der Waals surface area contributed by atoms with E-state index in [0.29, 0.717) is 10.7 Å². The summed E-state index contributed by atoms with van der Waals surface area (Å²) in [6.45, 7) is 1.78. The van der Waals surface area contributed by atoms with Crippen LogP contribution in [0.15, 0.2) is 12.3 Å². The van der Waals surface area contributed by atoms with Crippen molar-refractivity contribution in [2.75, 3.05) is 7.11 Å². The molecule has 0 aliphatic carbocycles. The maximum atomic E-state index is 9.33. The Balaban J connectivity index is 3.07. The van der Waals surface area contributed by atoms with Crippen LogP contribution in [-0.2, 0) is 4.74 Å². The lowest BCUT2D eigenvalue weighted by Gasteiger charge is -2.11. The molecule has 1 unspecified atom stereocenters. The number of halogens is 1. The van der Waals surface area contributed by atoms with Crippen LogP contribution in [-0.4, -0.2) is 17.2 Å². The molecule has 0 spiro atoms. The summed E-state index contributed by atoms with van der Waals surface area (Å²) >= 11 is 5.74. The molecular weight excluding hydrogens is 178 g/mol. The van der Waals surface area contributed by atoms with Gasteiger partial charge in [0, 0.05) is 18.9 Å². The number of ether oxygens (including phenoxy) is 1. The van der Waals surface area contributed by atoms with Crippen LogP contribution in [0, 0.1) is 6.92 Å². The molecule has 12 heavy (non-hydrogen) atoms. The van der Waals surface area contributed by atoms with E-state index in [-0.39, 0.29) is 0 Å². The zero-order chi connectivity index (χ0) is 9.14. The minimum absolute atomic E-state index is 0.392. The quantitative estimate of drug-likeness (QED) is 0.566. The Labute approximate surface area is 76.0 Å². The fourth-order valence-corrected chi connectivity index (χ4v) is 1.08. The van der Waals surface area contributed by atoms with E-state index < -0.39 is 6.29 Å². The first-order valence-corrected chi connectivity index (χ1v) is 3.86. The maximum absolute atomic E-state index is 9.33. The Kier molecular flexibility index (Phi) is 3.03. The molecule has 3 nitrogen and oxygen atoms in total. The van der Waals surface area contributed by atoms with E-state index in [4.69, 9.17) is 16.3 Å². The SMILES string of the molecule is COC(O)c1ccnc(Cl)c1C. The summed E-state index contributed by atoms with van der Waals surface area (Å²) in [5, 5.41) is 9.72. The second kappa shape index (κ2) is 3.85. The van der Waals surface area contributed by atoms with Crippen molar-refractivity contribution in [2.45, 2.75) is 13.2 Å². The number of aliphatic hydroxyl groups excluding tert-OH is 1. The molecule has 1 heterocycles. The van der Waals surface area contributed by atoms with Gasteiger partial charge in [0.25, 0.3) is 0 Å². The lowest BCUT2D eigenvalue weighted by atomic mass is 10.1. The van der Waals surface area contributed by atoms with E-state index in [9.17, 15) is 5.11 Å². The van der Waals surface area contributed by atoms with Crippen LogP contribution in [0.25, 0.3) is 0 Å². The molecule has 0 aromatic carbocycles. The summed E-state index contributed by atoms with van der Waals surface area (Å²) in [7, 11) is 1.43. The number of methoxy groups -OCH3 is 1. The Morgan fingerprint density at radius 2 is 2.33 bits per heavy atom. The molecule has 1 atom stereocenters. The van der Waals surface area contributed by atoms with Crippen molar-refractivity contribution in [3.8, 4) is 0 Å². The van der Waals surface area contributed by atoms with E-state index in [0.717, 1.165) is 5.56 Å². The summed E-state index contributed by atoms with van der Waals surface area (Å²) in [6.07, 6.45) is 0.609. The second-order valence-electron chi connectivity index (χ2n) is 2.40. The molecule has 0 aliphatic rings. The van der Waals surface area contributed by atoms with Gasteiger partial charge in [0.15, 0.2) is 6.29 Å². The number of aromatic nitrogens is 1. The molecule has 0 saturated heterocycles. The highest BCUT2D eigenvalue weighted by molar-refractivity contribution is 6.30. The van der Waals surface area contributed by atoms with Crippen molar-refractivity contribution >= 4 is 11.6 Å². The lowest BCUT2D eigenvalue weighted by Crippen LogP contribution is -2.02. The topological polar surface area (TPSA) is 42.4 Å². The van der Waals surface area contributed by atoms with Gasteiger partial charge < -0.3 is 9.84 Å². The molecule has 1 rings (SSSR count). The average molecular weight is 188 g/mol. The zero-order valence-corrected chi connectivity index (χ0v) is 7.67. The second-order valence-corrected chi connectivity index (χ2v) is 2.76. The highest BCUT2D eigenvalue weighted by atomic mass is 35.5. The van der Waals surface area contributed by atoms with Crippen LogP contribution < -0.4 is 0 Å². The molecule has 66 valence electrons. The fourth-order valence-electron chi connectivity index (χ4n) is 0.918. The number of pyridine rings is 1. The standard InChI is InChI=1S/C8H10ClNO2/c1-5-6(8(11)12-2)3-4-10-7(5)9/h3-4,8,11H,1-2H3. The molecule has 0 saturated carbocycles. The van der Waals surface area contributed by atoms with Gasteiger partial charge in [0.1, 0.15) is 5.15 Å². The summed E-state index contributed by atoms with van der Waals surface area (Å²) in [5.41, 5.74) is 1.39. The molecule has 4 heteroatoms. The predicted molar refractivity (Wildman–Crippen MR) is 46.0 cm³/mol. The smallest absolute Gasteiger partial charge is 0.181 e. The highest BCUT2D eigenvalue weighted by Gasteiger charge is 2.10. The van der Waals surface area contributed by atoms with Gasteiger partial charge >= 0.3 is 0 Å². The van der Waals surface area contributed by atoms with E-state index in [1.807, 2.05) is 0 Å². The van der Waals surface area contributed by atoms with Crippen molar-refractivity contribution in [3.63, 3.8) is 0 Å². The summed E-state index contributed by atoms with van der Waals surface area (Å²) in [6, 6.07) is 1.68. The maximum Gasteiger partial charge on any atom is 0.181 e. The lowest BCUT2D eigenvalue weighted by molar-refractivity contribution is -0.0773. The van der Waals surface area contributed by atoms with Gasteiger partial charge in [-0.1, -0.05) is 11.6 Å². The van der Waals surface area contributed by atoms with Crippen molar-refractivity contribution < 1.29 is 9.84 Å². The Hall–Kier alpha value is -0.640. The van der Waals surface area contributed by atoms with Crippen LogP contribution in [0.3, 0.4) is 0 Å². The number of hydrogen-bond acceptors (Lipinski definition) is 3. The van der Waals surface area contributed by atoms with Crippen molar-refractivity contribution in [3.05, 3.63) is 28.5 Å². The zero-order valence-electron chi connectivity index (χ0n) is 6.91. The summed E-state index contributed by atoms with van der Waals surface area (Å²) in [4.78, 5) is 3.85. The van der Waals surface area contributed by atoms with Crippen LogP contribution in [0.1, 0.15) is 17.4 Å². The largest absolute Gasteiger partial charge is 0.364 e. The van der Waals surface area contributed by atoms with Gasteiger partial charge in [-0.05, 0) is 18.6 Å². The first kappa shape index (κ1) is 9.45. The average Bonchev–Trinajstić information content (AvgIpc) is 2.08. The molecule has 0 bridgehead atoms. The number of nitrogens with zero attached hydrogens (tertiary/aromatic N) is 1. The summed E-state index contributed by atoms with van der Waals surface area (Å²) < 4.78 is 4.74. The van der Waals surface area contributed by atoms with Gasteiger partial charge in [-0.25, -0.2) is 4.98 Å². The minimum Gasteiger partial charge on any atom is -0.364 e. The third kappa shape index (κ3) is 1.75. The number of aliphatic hydroxyl groups is 1. The van der Waals surface area contributed by atoms with Crippen molar-refractivity contribution in [1.29, 1.82) is 0 Å². The molecular formula is C8H10ClNO2. The highest BCUT2D eigenvalue weighted by Crippen LogP contribution is 2.22. The van der Waals surface area contributed by atoms with Crippen LogP contribution in [0.2, 0.25) is 5.15 Å². The van der Waals surface area contributed by atoms with E-state index in [2.05, 4.69) is 4.98 Å². The molecule has 0 aliphatic heterocycles. The first-order valence-electron chi connectivity index (χ1n) is 3.48. The van der Waals surface area contributed by atoms with Crippen molar-refractivity contribution in [1.82, 2.24) is 4.98 Å². The van der Waals surface area contributed by atoms with Gasteiger partial charge in [-0.15, -0.1) is 0 Å². The normalized spacial score (nSPS) is 13.0. The minimum atomic E-state index is -0.925. The van der Waals surface area contributed by atoms with Gasteiger partial charge in [0.2, 0.25) is 0 Å². The molecule has 0 fully saturated rings. The van der Waals surface area contributed by atoms with E-state index >= 15 is 0 Å². The first-order chi connectivity index (χ1) is 5.66. The van der Waals surface area contributed by atoms with Crippen LogP contribution in [0.5, 0.6) is 0 Å². The monoisotopic (exact) mass is 187 g/mol. The number of rotatable bonds is 2.